The molecule has 1 aromatic heterocycles. The van der Waals surface area contributed by atoms with Crippen molar-refractivity contribution in [1.82, 2.24) is 9.78 Å². The van der Waals surface area contributed by atoms with Crippen molar-refractivity contribution in [3.8, 4) is 16.8 Å². The molecule has 0 amide bonds. The molecule has 4 heteroatoms. The van der Waals surface area contributed by atoms with Gasteiger partial charge in [0.05, 0.1) is 18.4 Å². The van der Waals surface area contributed by atoms with Crippen LogP contribution in [-0.2, 0) is 4.74 Å². The van der Waals surface area contributed by atoms with E-state index in [4.69, 9.17) is 4.74 Å². The third kappa shape index (κ3) is 2.56. The van der Waals surface area contributed by atoms with Crippen molar-refractivity contribution in [2.24, 2.45) is 0 Å². The lowest BCUT2D eigenvalue weighted by molar-refractivity contribution is 0.0600. The standard InChI is InChI=1S/C17H14N2O2/c1-21-17(20)15-12-14(13-6-3-2-4-7-13)8-9-16(15)19-11-5-10-18-19/h2-12H,1H3. The van der Waals surface area contributed by atoms with Crippen LogP contribution >= 0.6 is 0 Å². The maximum absolute atomic E-state index is 12.0. The molecular weight excluding hydrogens is 264 g/mol. The number of ether oxygens (including phenoxy) is 1. The van der Waals surface area contributed by atoms with Gasteiger partial charge >= 0.3 is 5.97 Å². The van der Waals surface area contributed by atoms with Crippen LogP contribution in [0.3, 0.4) is 0 Å². The number of carbonyl (C=O) groups excluding carboxylic acids is 1. The molecule has 2 aromatic carbocycles. The number of aromatic nitrogens is 2. The second-order valence-corrected chi connectivity index (χ2v) is 4.54. The molecule has 0 aliphatic rings. The summed E-state index contributed by atoms with van der Waals surface area (Å²) in [5, 5.41) is 4.18. The Hall–Kier alpha value is -2.88. The van der Waals surface area contributed by atoms with Gasteiger partial charge in [-0.2, -0.15) is 5.10 Å². The number of nitrogens with zero attached hydrogens (tertiary/aromatic N) is 2. The van der Waals surface area contributed by atoms with Crippen molar-refractivity contribution >= 4 is 5.97 Å². The monoisotopic (exact) mass is 278 g/mol. The molecule has 0 spiro atoms. The summed E-state index contributed by atoms with van der Waals surface area (Å²) in [7, 11) is 1.38. The minimum absolute atomic E-state index is 0.377. The molecule has 4 nitrogen and oxygen atoms in total. The molecule has 0 aliphatic carbocycles. The lowest BCUT2D eigenvalue weighted by Gasteiger charge is -2.10. The highest BCUT2D eigenvalue weighted by Gasteiger charge is 2.15. The summed E-state index contributed by atoms with van der Waals surface area (Å²) in [5.74, 6) is -0.377. The summed E-state index contributed by atoms with van der Waals surface area (Å²) in [4.78, 5) is 12.0. The SMILES string of the molecule is COC(=O)c1cc(-c2ccccc2)ccc1-n1cccn1. The van der Waals surface area contributed by atoms with Crippen LogP contribution in [0.25, 0.3) is 16.8 Å². The Bertz CT molecular complexity index is 750. The minimum Gasteiger partial charge on any atom is -0.465 e. The van der Waals surface area contributed by atoms with Crippen molar-refractivity contribution in [2.45, 2.75) is 0 Å². The number of esters is 1. The van der Waals surface area contributed by atoms with Crippen molar-refractivity contribution < 1.29 is 9.53 Å². The minimum atomic E-state index is -0.377. The predicted molar refractivity (Wildman–Crippen MR) is 80.3 cm³/mol. The second-order valence-electron chi connectivity index (χ2n) is 4.54. The van der Waals surface area contributed by atoms with Gasteiger partial charge in [0.2, 0.25) is 0 Å². The summed E-state index contributed by atoms with van der Waals surface area (Å²) in [6, 6.07) is 17.4. The van der Waals surface area contributed by atoms with E-state index in [1.165, 1.54) is 7.11 Å². The fraction of sp³-hybridized carbons (Fsp3) is 0.0588. The highest BCUT2D eigenvalue weighted by atomic mass is 16.5. The zero-order chi connectivity index (χ0) is 14.7. The smallest absolute Gasteiger partial charge is 0.340 e. The Morgan fingerprint density at radius 1 is 1.05 bits per heavy atom. The molecule has 104 valence electrons. The van der Waals surface area contributed by atoms with E-state index in [0.717, 1.165) is 11.1 Å². The Balaban J connectivity index is 2.14. The molecular formula is C17H14N2O2. The van der Waals surface area contributed by atoms with Crippen molar-refractivity contribution in [2.75, 3.05) is 7.11 Å². The quantitative estimate of drug-likeness (QED) is 0.690. The zero-order valence-electron chi connectivity index (χ0n) is 11.6. The maximum atomic E-state index is 12.0. The molecule has 0 aliphatic heterocycles. The maximum Gasteiger partial charge on any atom is 0.340 e. The molecule has 0 radical (unpaired) electrons. The van der Waals surface area contributed by atoms with Crippen molar-refractivity contribution in [1.29, 1.82) is 0 Å². The number of carbonyl (C=O) groups is 1. The van der Waals surface area contributed by atoms with E-state index in [2.05, 4.69) is 5.10 Å². The lowest BCUT2D eigenvalue weighted by Crippen LogP contribution is -2.08. The Labute approximate surface area is 122 Å². The lowest BCUT2D eigenvalue weighted by atomic mass is 10.0. The average Bonchev–Trinajstić information content (AvgIpc) is 3.08. The molecule has 21 heavy (non-hydrogen) atoms. The van der Waals surface area contributed by atoms with E-state index in [1.54, 1.807) is 17.1 Å². The molecule has 3 aromatic rings. The molecule has 0 saturated carbocycles. The summed E-state index contributed by atoms with van der Waals surface area (Å²) < 4.78 is 6.54. The Morgan fingerprint density at radius 2 is 1.86 bits per heavy atom. The van der Waals surface area contributed by atoms with Crippen molar-refractivity contribution in [3.63, 3.8) is 0 Å². The van der Waals surface area contributed by atoms with Gasteiger partial charge in [-0.1, -0.05) is 36.4 Å². The van der Waals surface area contributed by atoms with E-state index >= 15 is 0 Å². The number of hydrogen-bond donors (Lipinski definition) is 0. The number of benzene rings is 2. The molecule has 1 heterocycles. The molecule has 0 atom stereocenters. The van der Waals surface area contributed by atoms with E-state index in [-0.39, 0.29) is 5.97 Å². The van der Waals surface area contributed by atoms with E-state index in [9.17, 15) is 4.79 Å². The van der Waals surface area contributed by atoms with Gasteiger partial charge in [-0.3, -0.25) is 0 Å². The highest BCUT2D eigenvalue weighted by molar-refractivity contribution is 5.95. The fourth-order valence-electron chi connectivity index (χ4n) is 2.23. The van der Waals surface area contributed by atoms with Crippen LogP contribution in [-0.4, -0.2) is 22.9 Å². The largest absolute Gasteiger partial charge is 0.465 e. The van der Waals surface area contributed by atoms with Gasteiger partial charge in [0.15, 0.2) is 0 Å². The van der Waals surface area contributed by atoms with Gasteiger partial charge < -0.3 is 4.74 Å². The Morgan fingerprint density at radius 3 is 2.52 bits per heavy atom. The first kappa shape index (κ1) is 13.1. The third-order valence-electron chi connectivity index (χ3n) is 3.26. The van der Waals surface area contributed by atoms with Gasteiger partial charge in [0.1, 0.15) is 0 Å². The van der Waals surface area contributed by atoms with Crippen LogP contribution in [0.2, 0.25) is 0 Å². The van der Waals surface area contributed by atoms with Gasteiger partial charge in [-0.25, -0.2) is 9.48 Å². The van der Waals surface area contributed by atoms with Crippen LogP contribution < -0.4 is 0 Å². The first-order valence-corrected chi connectivity index (χ1v) is 6.57. The van der Waals surface area contributed by atoms with Crippen LogP contribution in [0, 0.1) is 0 Å². The zero-order valence-corrected chi connectivity index (χ0v) is 11.6. The molecule has 0 N–H and O–H groups in total. The van der Waals surface area contributed by atoms with Crippen LogP contribution in [0.5, 0.6) is 0 Å². The van der Waals surface area contributed by atoms with Crippen LogP contribution in [0.15, 0.2) is 67.0 Å². The number of hydrogen-bond acceptors (Lipinski definition) is 3. The van der Waals surface area contributed by atoms with E-state index < -0.39 is 0 Å². The highest BCUT2D eigenvalue weighted by Crippen LogP contribution is 2.24. The normalized spacial score (nSPS) is 10.3. The van der Waals surface area contributed by atoms with Crippen LogP contribution in [0.4, 0.5) is 0 Å². The first-order chi connectivity index (χ1) is 10.3. The van der Waals surface area contributed by atoms with Gasteiger partial charge in [-0.15, -0.1) is 0 Å². The summed E-state index contributed by atoms with van der Waals surface area (Å²) >= 11 is 0. The Kier molecular flexibility index (Phi) is 3.51. The molecule has 0 unspecified atom stereocenters. The van der Waals surface area contributed by atoms with Gasteiger partial charge in [-0.05, 0) is 29.3 Å². The fourth-order valence-corrected chi connectivity index (χ4v) is 2.23. The summed E-state index contributed by atoms with van der Waals surface area (Å²) in [6.45, 7) is 0. The molecule has 0 bridgehead atoms. The van der Waals surface area contributed by atoms with Crippen molar-refractivity contribution in [3.05, 3.63) is 72.6 Å². The first-order valence-electron chi connectivity index (χ1n) is 6.57. The topological polar surface area (TPSA) is 44.1 Å². The number of rotatable bonds is 3. The van der Waals surface area contributed by atoms with E-state index in [0.29, 0.717) is 11.3 Å². The van der Waals surface area contributed by atoms with Gasteiger partial charge in [0, 0.05) is 12.4 Å². The summed E-state index contributed by atoms with van der Waals surface area (Å²) in [5.41, 5.74) is 3.20. The predicted octanol–water partition coefficient (Wildman–Crippen LogP) is 3.33. The summed E-state index contributed by atoms with van der Waals surface area (Å²) in [6.07, 6.45) is 3.47. The molecule has 0 saturated heterocycles. The number of methoxy groups -OCH3 is 1. The van der Waals surface area contributed by atoms with Crippen LogP contribution in [0.1, 0.15) is 10.4 Å². The average molecular weight is 278 g/mol. The van der Waals surface area contributed by atoms with E-state index in [1.807, 2.05) is 54.6 Å². The molecule has 3 rings (SSSR count). The molecule has 0 fully saturated rings. The second kappa shape index (κ2) is 5.63. The third-order valence-corrected chi connectivity index (χ3v) is 3.26. The van der Waals surface area contributed by atoms with Gasteiger partial charge in [0.25, 0.3) is 0 Å².